The number of hydrogen-bond acceptors (Lipinski definition) is 3. The fourth-order valence-electron chi connectivity index (χ4n) is 3.11. The van der Waals surface area contributed by atoms with Crippen molar-refractivity contribution in [3.05, 3.63) is 93.9 Å². The van der Waals surface area contributed by atoms with Crippen LogP contribution in [-0.4, -0.2) is 24.7 Å². The maximum absolute atomic E-state index is 6.27. The molecule has 0 bridgehead atoms. The fourth-order valence-corrected chi connectivity index (χ4v) is 3.73. The Morgan fingerprint density at radius 2 is 1.61 bits per heavy atom. The number of aromatic nitrogens is 4. The maximum Gasteiger partial charge on any atom is 0.176 e. The molecule has 0 aliphatic carbocycles. The highest BCUT2D eigenvalue weighted by atomic mass is 35.5. The van der Waals surface area contributed by atoms with Gasteiger partial charge in [0.25, 0.3) is 0 Å². The number of aryl methyl sites for hydroxylation is 1. The maximum atomic E-state index is 6.27. The molecule has 9 heteroatoms. The lowest BCUT2D eigenvalue weighted by Crippen LogP contribution is -2.19. The van der Waals surface area contributed by atoms with E-state index in [1.54, 1.807) is 10.9 Å². The van der Waals surface area contributed by atoms with Gasteiger partial charge >= 0.3 is 0 Å². The van der Waals surface area contributed by atoms with E-state index in [4.69, 9.17) is 35.4 Å². The molecule has 0 aliphatic rings. The van der Waals surface area contributed by atoms with Gasteiger partial charge < -0.3 is 10.6 Å². The van der Waals surface area contributed by atoms with E-state index in [9.17, 15) is 0 Å². The van der Waals surface area contributed by atoms with Gasteiger partial charge in [0.2, 0.25) is 0 Å². The van der Waals surface area contributed by atoms with Gasteiger partial charge in [-0.05, 0) is 42.4 Å². The topological polar surface area (TPSA) is 59.7 Å². The van der Waals surface area contributed by atoms with Crippen LogP contribution < -0.4 is 10.6 Å². The molecule has 0 saturated carbocycles. The summed E-state index contributed by atoms with van der Waals surface area (Å²) in [6.07, 6.45) is 3.59. The summed E-state index contributed by atoms with van der Waals surface area (Å²) < 4.78 is 3.68. The van der Waals surface area contributed by atoms with Crippen LogP contribution in [-0.2, 0) is 13.1 Å². The van der Waals surface area contributed by atoms with Crippen LogP contribution in [0.1, 0.15) is 16.8 Å². The zero-order valence-electron chi connectivity index (χ0n) is 16.7. The first-order chi connectivity index (χ1) is 15.0. The number of anilines is 2. The Hall–Kier alpha value is -2.87. The largest absolute Gasteiger partial charge is 0.330 e. The molecule has 0 saturated heterocycles. The van der Waals surface area contributed by atoms with Gasteiger partial charge in [0, 0.05) is 28.0 Å². The van der Waals surface area contributed by atoms with Crippen LogP contribution >= 0.6 is 35.4 Å². The lowest BCUT2D eigenvalue weighted by atomic mass is 10.2. The predicted octanol–water partition coefficient (Wildman–Crippen LogP) is 5.60. The van der Waals surface area contributed by atoms with Crippen molar-refractivity contribution in [3.8, 4) is 0 Å². The zero-order chi connectivity index (χ0) is 21.8. The van der Waals surface area contributed by atoms with Gasteiger partial charge in [0.1, 0.15) is 0 Å². The smallest absolute Gasteiger partial charge is 0.176 e. The average molecular weight is 471 g/mol. The molecule has 6 nitrogen and oxygen atoms in total. The third-order valence-electron chi connectivity index (χ3n) is 4.68. The van der Waals surface area contributed by atoms with E-state index >= 15 is 0 Å². The van der Waals surface area contributed by atoms with E-state index in [1.165, 1.54) is 0 Å². The first-order valence-electron chi connectivity index (χ1n) is 9.59. The molecule has 0 unspecified atom stereocenters. The number of thiocarbonyl (C=S) groups is 1. The molecule has 0 atom stereocenters. The molecule has 4 aromatic rings. The van der Waals surface area contributed by atoms with Gasteiger partial charge in [-0.15, -0.1) is 0 Å². The summed E-state index contributed by atoms with van der Waals surface area (Å²) in [6, 6.07) is 17.4. The molecule has 2 aromatic heterocycles. The highest BCUT2D eigenvalue weighted by molar-refractivity contribution is 7.80. The van der Waals surface area contributed by atoms with Crippen LogP contribution in [0.2, 0.25) is 10.0 Å². The number of nitrogens with zero attached hydrogens (tertiary/aromatic N) is 4. The van der Waals surface area contributed by atoms with Crippen LogP contribution in [0.25, 0.3) is 0 Å². The summed E-state index contributed by atoms with van der Waals surface area (Å²) in [5, 5.41) is 17.1. The second-order valence-electron chi connectivity index (χ2n) is 7.02. The van der Waals surface area contributed by atoms with E-state index in [0.29, 0.717) is 29.0 Å². The first-order valence-corrected chi connectivity index (χ1v) is 10.8. The molecular formula is C22H20Cl2N6S. The van der Waals surface area contributed by atoms with Crippen LogP contribution in [0.15, 0.2) is 67.0 Å². The van der Waals surface area contributed by atoms with Crippen molar-refractivity contribution in [2.24, 2.45) is 0 Å². The van der Waals surface area contributed by atoms with E-state index in [2.05, 4.69) is 20.8 Å². The van der Waals surface area contributed by atoms with Crippen LogP contribution in [0.3, 0.4) is 0 Å². The van der Waals surface area contributed by atoms with Crippen molar-refractivity contribution in [3.63, 3.8) is 0 Å². The second-order valence-corrected chi connectivity index (χ2v) is 8.24. The molecule has 0 spiro atoms. The van der Waals surface area contributed by atoms with Crippen LogP contribution in [0.4, 0.5) is 11.5 Å². The third-order valence-corrected chi connectivity index (χ3v) is 5.62. The van der Waals surface area contributed by atoms with Crippen LogP contribution in [0.5, 0.6) is 0 Å². The molecule has 158 valence electrons. The number of rotatable bonds is 6. The SMILES string of the molecule is Cc1cc(NC(=S)Nc2cnn(Cc3ccccc3Cl)c2)nn1Cc1ccccc1Cl. The molecule has 0 amide bonds. The zero-order valence-corrected chi connectivity index (χ0v) is 19.0. The lowest BCUT2D eigenvalue weighted by molar-refractivity contribution is 0.668. The Bertz CT molecular complexity index is 1220. The Morgan fingerprint density at radius 1 is 0.968 bits per heavy atom. The average Bonchev–Trinajstić information content (AvgIpc) is 3.31. The number of benzene rings is 2. The Labute approximate surface area is 195 Å². The van der Waals surface area contributed by atoms with Gasteiger partial charge in [0.15, 0.2) is 10.9 Å². The summed E-state index contributed by atoms with van der Waals surface area (Å²) >= 11 is 17.9. The summed E-state index contributed by atoms with van der Waals surface area (Å²) in [7, 11) is 0. The molecule has 4 rings (SSSR count). The van der Waals surface area contributed by atoms with Crippen LogP contribution in [0, 0.1) is 6.92 Å². The molecule has 2 aromatic carbocycles. The van der Waals surface area contributed by atoms with Crippen molar-refractivity contribution < 1.29 is 0 Å². The molecule has 31 heavy (non-hydrogen) atoms. The number of halogens is 2. The minimum Gasteiger partial charge on any atom is -0.330 e. The first kappa shape index (κ1) is 21.4. The highest BCUT2D eigenvalue weighted by Gasteiger charge is 2.09. The van der Waals surface area contributed by atoms with E-state index in [-0.39, 0.29) is 0 Å². The monoisotopic (exact) mass is 470 g/mol. The number of nitrogens with one attached hydrogen (secondary N) is 2. The normalized spacial score (nSPS) is 10.8. The van der Waals surface area contributed by atoms with Crippen molar-refractivity contribution in [1.82, 2.24) is 19.6 Å². The van der Waals surface area contributed by atoms with Crippen molar-refractivity contribution in [2.45, 2.75) is 20.0 Å². The van der Waals surface area contributed by atoms with Crippen molar-refractivity contribution in [1.29, 1.82) is 0 Å². The minimum absolute atomic E-state index is 0.430. The summed E-state index contributed by atoms with van der Waals surface area (Å²) in [5.41, 5.74) is 3.78. The molecule has 0 fully saturated rings. The molecule has 0 radical (unpaired) electrons. The van der Waals surface area contributed by atoms with E-state index in [1.807, 2.05) is 72.4 Å². The van der Waals surface area contributed by atoms with Gasteiger partial charge in [-0.2, -0.15) is 10.2 Å². The molecule has 0 aliphatic heterocycles. The third kappa shape index (κ3) is 5.44. The van der Waals surface area contributed by atoms with Crippen molar-refractivity contribution >= 4 is 52.0 Å². The van der Waals surface area contributed by atoms with E-state index in [0.717, 1.165) is 27.5 Å². The van der Waals surface area contributed by atoms with Gasteiger partial charge in [0.05, 0.1) is 25.0 Å². The lowest BCUT2D eigenvalue weighted by Gasteiger charge is -2.07. The fraction of sp³-hybridized carbons (Fsp3) is 0.136. The molecule has 2 N–H and O–H groups in total. The summed E-state index contributed by atoms with van der Waals surface area (Å²) in [4.78, 5) is 0. The Balaban J connectivity index is 1.37. The predicted molar refractivity (Wildman–Crippen MR) is 130 cm³/mol. The minimum atomic E-state index is 0.430. The number of hydrogen-bond donors (Lipinski definition) is 2. The Morgan fingerprint density at radius 3 is 2.29 bits per heavy atom. The van der Waals surface area contributed by atoms with E-state index < -0.39 is 0 Å². The standard InChI is InChI=1S/C22H20Cl2N6S/c1-15-10-21(28-30(15)13-17-7-3-5-9-20(17)24)27-22(31)26-18-11-25-29(14-18)12-16-6-2-4-8-19(16)23/h2-11,14H,12-13H2,1H3,(H2,26,27,28,31). The molecule has 2 heterocycles. The summed E-state index contributed by atoms with van der Waals surface area (Å²) in [6.45, 7) is 3.15. The molecular weight excluding hydrogens is 451 g/mol. The van der Waals surface area contributed by atoms with Gasteiger partial charge in [-0.3, -0.25) is 9.36 Å². The van der Waals surface area contributed by atoms with Crippen molar-refractivity contribution in [2.75, 3.05) is 10.6 Å². The quantitative estimate of drug-likeness (QED) is 0.359. The van der Waals surface area contributed by atoms with Gasteiger partial charge in [-0.1, -0.05) is 59.6 Å². The summed E-state index contributed by atoms with van der Waals surface area (Å²) in [5.74, 6) is 0.658. The highest BCUT2D eigenvalue weighted by Crippen LogP contribution is 2.19. The second kappa shape index (κ2) is 9.51. The Kier molecular flexibility index (Phi) is 6.56. The van der Waals surface area contributed by atoms with Gasteiger partial charge in [-0.25, -0.2) is 0 Å².